The molecule has 2 aromatic carbocycles. The molecule has 132 valence electrons. The van der Waals surface area contributed by atoms with Gasteiger partial charge in [0.1, 0.15) is 11.5 Å². The molecule has 5 heteroatoms. The third-order valence-corrected chi connectivity index (χ3v) is 5.70. The summed E-state index contributed by atoms with van der Waals surface area (Å²) < 4.78 is 16.2. The summed E-state index contributed by atoms with van der Waals surface area (Å²) in [7, 11) is 1.05. The summed E-state index contributed by atoms with van der Waals surface area (Å²) in [5.74, 6) is 1.02. The number of ether oxygens (including phenoxy) is 2. The molecule has 0 unspecified atom stereocenters. The molecule has 0 aliphatic rings. The molecule has 0 aromatic heterocycles. The molecule has 0 amide bonds. The van der Waals surface area contributed by atoms with Crippen molar-refractivity contribution in [1.29, 1.82) is 0 Å². The lowest BCUT2D eigenvalue weighted by atomic mass is 10.2. The summed E-state index contributed by atoms with van der Waals surface area (Å²) in [6, 6.07) is 16.3. The molecule has 0 atom stereocenters. The Morgan fingerprint density at radius 2 is 1.76 bits per heavy atom. The van der Waals surface area contributed by atoms with Gasteiger partial charge in [-0.15, -0.1) is 0 Å². The fourth-order valence-corrected chi connectivity index (χ4v) is 4.45. The molecule has 0 fully saturated rings. The quantitative estimate of drug-likeness (QED) is 0.550. The Morgan fingerprint density at radius 3 is 2.40 bits per heavy atom. The monoisotopic (exact) mass is 356 g/mol. The van der Waals surface area contributed by atoms with E-state index in [-0.39, 0.29) is 5.97 Å². The molecular formula is C20H24O4Si. The Kier molecular flexibility index (Phi) is 6.42. The molecule has 2 rings (SSSR count). The topological polar surface area (TPSA) is 44.8 Å². The van der Waals surface area contributed by atoms with E-state index in [9.17, 15) is 4.79 Å². The van der Waals surface area contributed by atoms with Gasteiger partial charge < -0.3 is 13.9 Å². The fraction of sp³-hybridized carbons (Fsp3) is 0.250. The van der Waals surface area contributed by atoms with Crippen LogP contribution in [-0.4, -0.2) is 28.5 Å². The molecule has 0 bridgehead atoms. The Labute approximate surface area is 150 Å². The average molecular weight is 356 g/mol. The van der Waals surface area contributed by atoms with Gasteiger partial charge in [0.25, 0.3) is 8.32 Å². The van der Waals surface area contributed by atoms with Gasteiger partial charge in [-0.25, -0.2) is 4.79 Å². The zero-order valence-electron chi connectivity index (χ0n) is 15.1. The van der Waals surface area contributed by atoms with Crippen LogP contribution in [0, 0.1) is 0 Å². The van der Waals surface area contributed by atoms with Gasteiger partial charge in [0.05, 0.1) is 14.2 Å². The van der Waals surface area contributed by atoms with E-state index in [1.165, 1.54) is 11.6 Å². The number of carbonyl (C=O) groups excluding carboxylic acids is 1. The summed E-state index contributed by atoms with van der Waals surface area (Å²) in [4.78, 5) is 12.2. The van der Waals surface area contributed by atoms with E-state index in [0.717, 1.165) is 11.6 Å². The van der Waals surface area contributed by atoms with Gasteiger partial charge in [-0.1, -0.05) is 30.3 Å². The molecule has 0 heterocycles. The van der Waals surface area contributed by atoms with Crippen LogP contribution in [0.5, 0.6) is 11.5 Å². The highest BCUT2D eigenvalue weighted by Gasteiger charge is 2.26. The van der Waals surface area contributed by atoms with Crippen molar-refractivity contribution in [2.45, 2.75) is 19.1 Å². The molecule has 0 saturated heterocycles. The molecule has 0 spiro atoms. The number of methoxy groups -OCH3 is 2. The Hall–Kier alpha value is -2.53. The normalized spacial score (nSPS) is 11.4. The lowest BCUT2D eigenvalue weighted by Gasteiger charge is -2.21. The zero-order valence-corrected chi connectivity index (χ0v) is 16.1. The minimum atomic E-state index is -2.13. The predicted octanol–water partition coefficient (Wildman–Crippen LogP) is 4.25. The molecule has 0 N–H and O–H groups in total. The Balaban J connectivity index is 2.02. The second-order valence-corrected chi connectivity index (χ2v) is 10.4. The summed E-state index contributed by atoms with van der Waals surface area (Å²) in [5, 5.41) is 0. The Morgan fingerprint density at radius 1 is 1.04 bits per heavy atom. The van der Waals surface area contributed by atoms with Gasteiger partial charge >= 0.3 is 5.97 Å². The van der Waals surface area contributed by atoms with Gasteiger partial charge in [-0.2, -0.15) is 0 Å². The molecule has 25 heavy (non-hydrogen) atoms. The van der Waals surface area contributed by atoms with Crippen molar-refractivity contribution in [3.63, 3.8) is 0 Å². The summed E-state index contributed by atoms with van der Waals surface area (Å²) in [6.07, 6.45) is 3.15. The fourth-order valence-electron chi connectivity index (χ4n) is 2.54. The zero-order chi connectivity index (χ0) is 18.3. The molecule has 4 nitrogen and oxygen atoms in total. The van der Waals surface area contributed by atoms with Crippen molar-refractivity contribution >= 4 is 20.4 Å². The van der Waals surface area contributed by atoms with Crippen LogP contribution in [0.4, 0.5) is 0 Å². The summed E-state index contributed by atoms with van der Waals surface area (Å²) >= 11 is 0. The van der Waals surface area contributed by atoms with E-state index < -0.39 is 8.32 Å². The highest BCUT2D eigenvalue weighted by Crippen LogP contribution is 2.25. The third-order valence-electron chi connectivity index (χ3n) is 3.69. The number of benzene rings is 2. The average Bonchev–Trinajstić information content (AvgIpc) is 2.59. The number of hydrogen-bond donors (Lipinski definition) is 0. The third kappa shape index (κ3) is 5.80. The van der Waals surface area contributed by atoms with Crippen molar-refractivity contribution in [1.82, 2.24) is 0 Å². The lowest BCUT2D eigenvalue weighted by molar-refractivity contribution is -0.129. The van der Waals surface area contributed by atoms with Gasteiger partial charge in [0.15, 0.2) is 0 Å². The van der Waals surface area contributed by atoms with E-state index in [1.807, 2.05) is 43.4 Å². The minimum Gasteiger partial charge on any atom is -0.516 e. The Bertz CT molecular complexity index is 739. The first-order valence-electron chi connectivity index (χ1n) is 8.10. The van der Waals surface area contributed by atoms with Crippen LogP contribution in [0.15, 0.2) is 54.6 Å². The van der Waals surface area contributed by atoms with Crippen LogP contribution in [0.2, 0.25) is 13.1 Å². The first-order valence-corrected chi connectivity index (χ1v) is 11.2. The lowest BCUT2D eigenvalue weighted by Crippen LogP contribution is -2.35. The van der Waals surface area contributed by atoms with Crippen LogP contribution >= 0.6 is 0 Å². The standard InChI is InChI=1S/C20H24O4Si/c1-22-18-12-10-17(19(14-18)23-2)11-13-20(21)24-25(3,4)15-16-8-6-5-7-9-16/h5-14H,15H2,1-4H3/b13-11+. The molecule has 0 radical (unpaired) electrons. The van der Waals surface area contributed by atoms with E-state index in [4.69, 9.17) is 13.9 Å². The predicted molar refractivity (Wildman–Crippen MR) is 102 cm³/mol. The van der Waals surface area contributed by atoms with E-state index in [0.29, 0.717) is 11.5 Å². The van der Waals surface area contributed by atoms with Gasteiger partial charge in [-0.3, -0.25) is 0 Å². The highest BCUT2D eigenvalue weighted by atomic mass is 28.4. The van der Waals surface area contributed by atoms with Crippen molar-refractivity contribution < 1.29 is 18.7 Å². The van der Waals surface area contributed by atoms with E-state index in [2.05, 4.69) is 12.1 Å². The smallest absolute Gasteiger partial charge is 0.317 e. The molecule has 0 aliphatic carbocycles. The van der Waals surface area contributed by atoms with E-state index >= 15 is 0 Å². The number of carbonyl (C=O) groups is 1. The first-order chi connectivity index (χ1) is 11.9. The minimum absolute atomic E-state index is 0.328. The maximum Gasteiger partial charge on any atom is 0.317 e. The number of hydrogen-bond acceptors (Lipinski definition) is 4. The van der Waals surface area contributed by atoms with Crippen LogP contribution in [-0.2, 0) is 15.3 Å². The van der Waals surface area contributed by atoms with Crippen LogP contribution in [0.3, 0.4) is 0 Å². The van der Waals surface area contributed by atoms with Gasteiger partial charge in [0.2, 0.25) is 0 Å². The van der Waals surface area contributed by atoms with Crippen LogP contribution < -0.4 is 9.47 Å². The maximum atomic E-state index is 12.2. The van der Waals surface area contributed by atoms with Crippen molar-refractivity contribution in [3.05, 3.63) is 65.7 Å². The second kappa shape index (κ2) is 8.53. The van der Waals surface area contributed by atoms with Crippen LogP contribution in [0.25, 0.3) is 6.08 Å². The molecule has 0 saturated carbocycles. The van der Waals surface area contributed by atoms with Gasteiger partial charge in [0, 0.05) is 23.7 Å². The van der Waals surface area contributed by atoms with Gasteiger partial charge in [-0.05, 0) is 36.9 Å². The molecule has 0 aliphatic heterocycles. The first kappa shape index (κ1) is 18.8. The summed E-state index contributed by atoms with van der Waals surface area (Å²) in [6.45, 7) is 4.08. The number of rotatable bonds is 7. The van der Waals surface area contributed by atoms with Crippen molar-refractivity contribution in [2.75, 3.05) is 14.2 Å². The summed E-state index contributed by atoms with van der Waals surface area (Å²) in [5.41, 5.74) is 1.98. The van der Waals surface area contributed by atoms with Crippen molar-refractivity contribution in [2.24, 2.45) is 0 Å². The SMILES string of the molecule is COc1ccc(/C=C/C(=O)O[Si](C)(C)Cc2ccccc2)c(OC)c1. The largest absolute Gasteiger partial charge is 0.516 e. The van der Waals surface area contributed by atoms with Crippen molar-refractivity contribution in [3.8, 4) is 11.5 Å². The molecular weight excluding hydrogens is 332 g/mol. The maximum absolute atomic E-state index is 12.2. The van der Waals surface area contributed by atoms with E-state index in [1.54, 1.807) is 26.4 Å². The second-order valence-electron chi connectivity index (χ2n) is 6.28. The molecule has 2 aromatic rings. The van der Waals surface area contributed by atoms with Crippen LogP contribution in [0.1, 0.15) is 11.1 Å². The highest BCUT2D eigenvalue weighted by molar-refractivity contribution is 6.72.